The molecule has 10 nitrogen and oxygen atoms in total. The number of nitrogens with zero attached hydrogens (tertiary/aromatic N) is 7. The van der Waals surface area contributed by atoms with Crippen LogP contribution in [0, 0.1) is 0 Å². The number of aryl methyl sites for hydroxylation is 1. The first-order valence-electron chi connectivity index (χ1n) is 12.4. The van der Waals surface area contributed by atoms with Gasteiger partial charge in [-0.3, -0.25) is 9.78 Å². The zero-order valence-corrected chi connectivity index (χ0v) is 20.7. The van der Waals surface area contributed by atoms with E-state index in [2.05, 4.69) is 32.4 Å². The normalized spacial score (nSPS) is 11.3. The number of aromatic amines is 1. The Morgan fingerprint density at radius 1 is 0.895 bits per heavy atom. The molecule has 10 heteroatoms. The van der Waals surface area contributed by atoms with Crippen molar-refractivity contribution in [2.24, 2.45) is 0 Å². The lowest BCUT2D eigenvalue weighted by molar-refractivity contribution is 0.718. The molecule has 188 valence electrons. The van der Waals surface area contributed by atoms with Crippen LogP contribution in [0.3, 0.4) is 0 Å². The van der Waals surface area contributed by atoms with Gasteiger partial charge in [0.25, 0.3) is 5.56 Å². The van der Waals surface area contributed by atoms with E-state index in [-0.39, 0.29) is 0 Å². The minimum absolute atomic E-state index is 0.308. The molecule has 0 atom stereocenters. The minimum atomic E-state index is -0.507. The number of nitrogens with one attached hydrogen (secondary N) is 1. The predicted molar refractivity (Wildman–Crippen MR) is 144 cm³/mol. The largest absolute Gasteiger partial charge is 0.334 e. The van der Waals surface area contributed by atoms with Crippen LogP contribution in [0.25, 0.3) is 33.7 Å². The lowest BCUT2D eigenvalue weighted by Crippen LogP contribution is -2.34. The summed E-state index contributed by atoms with van der Waals surface area (Å²) < 4.78 is 4.71. The standard InChI is InChI=1S/C28H24N8O2/c1-2-8-24-30-26-25(27(37)36(28(38)31-26)21-9-4-3-5-10-21)34(24)17-19-13-15-20(16-14-19)22-11-6-7-12-23(22)35-18-29-32-33-35/h3-7,9-16,18H,2,8,17H2,1H3,(H,31,38). The molecular weight excluding hydrogens is 480 g/mol. The lowest BCUT2D eigenvalue weighted by Gasteiger charge is -2.12. The summed E-state index contributed by atoms with van der Waals surface area (Å²) in [6.07, 6.45) is 3.10. The van der Waals surface area contributed by atoms with Gasteiger partial charge < -0.3 is 4.57 Å². The highest BCUT2D eigenvalue weighted by atomic mass is 16.2. The molecule has 0 amide bonds. The third-order valence-electron chi connectivity index (χ3n) is 6.47. The van der Waals surface area contributed by atoms with E-state index in [1.54, 1.807) is 35.3 Å². The number of hydrogen-bond donors (Lipinski definition) is 1. The Balaban J connectivity index is 1.42. The molecule has 0 aliphatic carbocycles. The summed E-state index contributed by atoms with van der Waals surface area (Å²) in [4.78, 5) is 33.9. The zero-order chi connectivity index (χ0) is 26.1. The van der Waals surface area contributed by atoms with Gasteiger partial charge in [-0.05, 0) is 46.2 Å². The number of fused-ring (bicyclic) bond motifs is 1. The van der Waals surface area contributed by atoms with Gasteiger partial charge in [0, 0.05) is 18.5 Å². The van der Waals surface area contributed by atoms with Gasteiger partial charge in [0.1, 0.15) is 12.2 Å². The van der Waals surface area contributed by atoms with Crippen molar-refractivity contribution in [3.8, 4) is 22.5 Å². The molecular formula is C28H24N8O2. The van der Waals surface area contributed by atoms with Crippen molar-refractivity contribution < 1.29 is 0 Å². The van der Waals surface area contributed by atoms with E-state index in [9.17, 15) is 9.59 Å². The summed E-state index contributed by atoms with van der Waals surface area (Å²) in [6, 6.07) is 25.0. The number of hydrogen-bond acceptors (Lipinski definition) is 6. The Hall–Kier alpha value is -5.12. The van der Waals surface area contributed by atoms with Crippen molar-refractivity contribution >= 4 is 11.2 Å². The molecule has 0 saturated carbocycles. The van der Waals surface area contributed by atoms with Gasteiger partial charge in [-0.2, -0.15) is 4.68 Å². The smallest absolute Gasteiger partial charge is 0.318 e. The fourth-order valence-electron chi connectivity index (χ4n) is 4.72. The van der Waals surface area contributed by atoms with E-state index in [1.165, 1.54) is 0 Å². The SMILES string of the molecule is CCCc1nc2[nH]c(=O)n(-c3ccccc3)c(=O)c2n1Cc1ccc(-c2ccccc2-n2cnnn2)cc1. The van der Waals surface area contributed by atoms with Gasteiger partial charge >= 0.3 is 5.69 Å². The van der Waals surface area contributed by atoms with Crippen molar-refractivity contribution in [1.29, 1.82) is 0 Å². The van der Waals surface area contributed by atoms with Gasteiger partial charge in [-0.25, -0.2) is 14.3 Å². The molecule has 0 aliphatic heterocycles. The van der Waals surface area contributed by atoms with Crippen molar-refractivity contribution in [3.05, 3.63) is 117 Å². The van der Waals surface area contributed by atoms with Crippen molar-refractivity contribution in [3.63, 3.8) is 0 Å². The highest BCUT2D eigenvalue weighted by Gasteiger charge is 2.19. The van der Waals surface area contributed by atoms with Crippen LogP contribution in [-0.4, -0.2) is 39.3 Å². The van der Waals surface area contributed by atoms with Crippen molar-refractivity contribution in [2.45, 2.75) is 26.3 Å². The van der Waals surface area contributed by atoms with E-state index in [0.717, 1.165) is 39.2 Å². The molecule has 3 aromatic heterocycles. The van der Waals surface area contributed by atoms with Gasteiger partial charge in [-0.1, -0.05) is 67.6 Å². The number of benzene rings is 3. The Morgan fingerprint density at radius 2 is 1.66 bits per heavy atom. The van der Waals surface area contributed by atoms with E-state index in [1.807, 2.05) is 59.2 Å². The zero-order valence-electron chi connectivity index (χ0n) is 20.7. The number of H-pyrrole nitrogens is 1. The summed E-state index contributed by atoms with van der Waals surface area (Å²) >= 11 is 0. The summed E-state index contributed by atoms with van der Waals surface area (Å²) in [5.41, 5.74) is 4.19. The Morgan fingerprint density at radius 3 is 2.39 bits per heavy atom. The number of para-hydroxylation sites is 2. The number of rotatable bonds is 7. The Kier molecular flexibility index (Phi) is 5.97. The maximum Gasteiger partial charge on any atom is 0.334 e. The second kappa shape index (κ2) is 9.74. The van der Waals surface area contributed by atoms with Crippen LogP contribution in [0.1, 0.15) is 24.7 Å². The predicted octanol–water partition coefficient (Wildman–Crippen LogP) is 3.52. The lowest BCUT2D eigenvalue weighted by atomic mass is 10.0. The molecule has 3 aromatic carbocycles. The topological polar surface area (TPSA) is 116 Å². The highest BCUT2D eigenvalue weighted by Crippen LogP contribution is 2.27. The quantitative estimate of drug-likeness (QED) is 0.356. The van der Waals surface area contributed by atoms with Crippen LogP contribution >= 0.6 is 0 Å². The van der Waals surface area contributed by atoms with E-state index in [4.69, 9.17) is 0 Å². The molecule has 38 heavy (non-hydrogen) atoms. The van der Waals surface area contributed by atoms with Gasteiger partial charge in [0.2, 0.25) is 0 Å². The summed E-state index contributed by atoms with van der Waals surface area (Å²) in [6.45, 7) is 2.50. The maximum absolute atomic E-state index is 13.6. The Labute approximate surface area is 216 Å². The molecule has 0 aliphatic rings. The first-order chi connectivity index (χ1) is 18.6. The molecule has 0 fully saturated rings. The molecule has 6 rings (SSSR count). The molecule has 0 spiro atoms. The van der Waals surface area contributed by atoms with Crippen molar-refractivity contribution in [1.82, 2.24) is 39.3 Å². The molecule has 0 unspecified atom stereocenters. The monoisotopic (exact) mass is 504 g/mol. The van der Waals surface area contributed by atoms with E-state index in [0.29, 0.717) is 29.8 Å². The van der Waals surface area contributed by atoms with Crippen LogP contribution < -0.4 is 11.2 Å². The fraction of sp³-hybridized carbons (Fsp3) is 0.143. The molecule has 1 N–H and O–H groups in total. The second-order valence-corrected chi connectivity index (χ2v) is 8.94. The fourth-order valence-corrected chi connectivity index (χ4v) is 4.72. The number of imidazole rings is 1. The van der Waals surface area contributed by atoms with Gasteiger partial charge in [0.15, 0.2) is 11.2 Å². The summed E-state index contributed by atoms with van der Waals surface area (Å²) in [5, 5.41) is 11.5. The van der Waals surface area contributed by atoms with E-state index < -0.39 is 11.2 Å². The van der Waals surface area contributed by atoms with Crippen LogP contribution in [0.5, 0.6) is 0 Å². The summed E-state index contributed by atoms with van der Waals surface area (Å²) in [7, 11) is 0. The molecule has 0 radical (unpaired) electrons. The average Bonchev–Trinajstić information content (AvgIpc) is 3.59. The van der Waals surface area contributed by atoms with Gasteiger partial charge in [-0.15, -0.1) is 5.10 Å². The third kappa shape index (κ3) is 4.11. The van der Waals surface area contributed by atoms with Crippen LogP contribution in [-0.2, 0) is 13.0 Å². The molecule has 6 aromatic rings. The minimum Gasteiger partial charge on any atom is -0.318 e. The van der Waals surface area contributed by atoms with Crippen molar-refractivity contribution in [2.75, 3.05) is 0 Å². The number of aromatic nitrogens is 8. The first kappa shape index (κ1) is 23.3. The Bertz CT molecular complexity index is 1830. The second-order valence-electron chi connectivity index (χ2n) is 8.94. The molecule has 0 saturated heterocycles. The van der Waals surface area contributed by atoms with Crippen LogP contribution in [0.2, 0.25) is 0 Å². The maximum atomic E-state index is 13.6. The average molecular weight is 505 g/mol. The van der Waals surface area contributed by atoms with E-state index >= 15 is 0 Å². The van der Waals surface area contributed by atoms with Gasteiger partial charge in [0.05, 0.1) is 11.4 Å². The van der Waals surface area contributed by atoms with Crippen LogP contribution in [0.15, 0.2) is 94.8 Å². The third-order valence-corrected chi connectivity index (χ3v) is 6.47. The molecule has 0 bridgehead atoms. The number of tetrazole rings is 1. The molecule has 3 heterocycles. The highest BCUT2D eigenvalue weighted by molar-refractivity contribution is 5.73. The first-order valence-corrected chi connectivity index (χ1v) is 12.4. The van der Waals surface area contributed by atoms with Crippen LogP contribution in [0.4, 0.5) is 0 Å². The summed E-state index contributed by atoms with van der Waals surface area (Å²) in [5.74, 6) is 0.758.